The minimum Gasteiger partial charge on any atom is -0.389 e. The number of benzene rings is 1. The zero-order chi connectivity index (χ0) is 27.7. The summed E-state index contributed by atoms with van der Waals surface area (Å²) in [6.45, 7) is 1.48. The summed E-state index contributed by atoms with van der Waals surface area (Å²) in [5.41, 5.74) is 0.642. The molecular weight excluding hydrogens is 494 g/mol. The predicted molar refractivity (Wildman–Crippen MR) is 146 cm³/mol. The van der Waals surface area contributed by atoms with E-state index in [0.717, 1.165) is 44.9 Å². The van der Waals surface area contributed by atoms with E-state index in [0.29, 0.717) is 25.3 Å². The van der Waals surface area contributed by atoms with Crippen LogP contribution in [0.1, 0.15) is 62.8 Å². The van der Waals surface area contributed by atoms with Gasteiger partial charge in [-0.15, -0.1) is 0 Å². The summed E-state index contributed by atoms with van der Waals surface area (Å²) in [6, 6.07) is 12.5. The summed E-state index contributed by atoms with van der Waals surface area (Å²) >= 11 is 0. The van der Waals surface area contributed by atoms with Gasteiger partial charge in [0, 0.05) is 37.1 Å². The Bertz CT molecular complexity index is 1190. The largest absolute Gasteiger partial charge is 0.389 e. The fraction of sp³-hybridized carbons (Fsp3) is 0.586. The highest BCUT2D eigenvalue weighted by atomic mass is 16.3. The number of rotatable bonds is 8. The number of amides is 1. The van der Waals surface area contributed by atoms with Gasteiger partial charge in [0.1, 0.15) is 6.07 Å². The van der Waals surface area contributed by atoms with E-state index < -0.39 is 12.0 Å². The van der Waals surface area contributed by atoms with Gasteiger partial charge in [-0.25, -0.2) is 9.97 Å². The van der Waals surface area contributed by atoms with Crippen molar-refractivity contribution in [3.05, 3.63) is 54.1 Å². The van der Waals surface area contributed by atoms with Crippen molar-refractivity contribution in [3.63, 3.8) is 0 Å². The summed E-state index contributed by atoms with van der Waals surface area (Å²) in [5, 5.41) is 34.2. The number of hydrogen-bond donors (Lipinski definition) is 3. The fourth-order valence-corrected chi connectivity index (χ4v) is 6.73. The van der Waals surface area contributed by atoms with E-state index in [1.165, 1.54) is 18.0 Å². The third-order valence-electron chi connectivity index (χ3n) is 9.30. The second-order valence-electron chi connectivity index (χ2n) is 11.7. The molecule has 1 aromatic heterocycles. The van der Waals surface area contributed by atoms with Crippen LogP contribution in [-0.4, -0.2) is 92.0 Å². The van der Waals surface area contributed by atoms with E-state index in [1.807, 2.05) is 17.0 Å². The van der Waals surface area contributed by atoms with Crippen molar-refractivity contribution < 1.29 is 15.0 Å². The molecule has 39 heavy (non-hydrogen) atoms. The molecule has 3 N–H and O–H groups in total. The van der Waals surface area contributed by atoms with E-state index in [1.54, 1.807) is 0 Å². The van der Waals surface area contributed by atoms with E-state index in [-0.39, 0.29) is 29.2 Å². The van der Waals surface area contributed by atoms with Gasteiger partial charge >= 0.3 is 0 Å². The first-order valence-corrected chi connectivity index (χ1v) is 13.8. The van der Waals surface area contributed by atoms with E-state index in [4.69, 9.17) is 5.26 Å². The van der Waals surface area contributed by atoms with Crippen LogP contribution in [0.2, 0.25) is 0 Å². The molecule has 1 spiro atoms. The highest BCUT2D eigenvalue weighted by Crippen LogP contribution is 2.50. The molecule has 1 atom stereocenters. The number of carbonyl (C=O) groups is 1. The molecule has 208 valence electrons. The maximum Gasteiger partial charge on any atom is 0.232 e. The molecule has 2 saturated carbocycles. The molecule has 10 heteroatoms. The Morgan fingerprint density at radius 1 is 1.13 bits per heavy atom. The lowest BCUT2D eigenvalue weighted by atomic mass is 9.67. The maximum atomic E-state index is 12.7. The maximum absolute atomic E-state index is 12.7. The van der Waals surface area contributed by atoms with Gasteiger partial charge < -0.3 is 15.5 Å². The van der Waals surface area contributed by atoms with Crippen LogP contribution in [0.4, 0.5) is 5.69 Å². The molecule has 1 aromatic carbocycles. The number of β-amino-alcohol motifs (C(OH)–C–C–N with tert-alkyl or cyclic N) is 1. The first-order valence-electron chi connectivity index (χ1n) is 13.8. The van der Waals surface area contributed by atoms with Crippen molar-refractivity contribution in [2.24, 2.45) is 0 Å². The molecule has 10 nitrogen and oxygen atoms in total. The van der Waals surface area contributed by atoms with Gasteiger partial charge in [0.05, 0.1) is 23.7 Å². The molecule has 2 heterocycles. The Morgan fingerprint density at radius 3 is 2.36 bits per heavy atom. The summed E-state index contributed by atoms with van der Waals surface area (Å²) in [4.78, 5) is 26.9. The van der Waals surface area contributed by atoms with Gasteiger partial charge in [-0.05, 0) is 64.6 Å². The number of nitrogens with zero attached hydrogens (tertiary/aromatic N) is 6. The number of carbonyl (C=O) groups excluding carboxylic acids is 1. The third kappa shape index (κ3) is 5.42. The fourth-order valence-electron chi connectivity index (χ4n) is 6.73. The lowest BCUT2D eigenvalue weighted by Crippen LogP contribution is -2.60. The first kappa shape index (κ1) is 27.6. The van der Waals surface area contributed by atoms with Crippen LogP contribution < -0.4 is 5.32 Å². The normalized spacial score (nSPS) is 28.8. The van der Waals surface area contributed by atoms with Crippen molar-refractivity contribution >= 4 is 11.6 Å². The van der Waals surface area contributed by atoms with Crippen molar-refractivity contribution in [1.82, 2.24) is 24.7 Å². The van der Waals surface area contributed by atoms with Crippen LogP contribution in [0.3, 0.4) is 0 Å². The van der Waals surface area contributed by atoms with Gasteiger partial charge in [0.2, 0.25) is 11.7 Å². The van der Waals surface area contributed by atoms with Crippen LogP contribution in [-0.2, 0) is 10.3 Å². The zero-order valence-electron chi connectivity index (χ0n) is 22.9. The predicted octanol–water partition coefficient (Wildman–Crippen LogP) is 2.26. The van der Waals surface area contributed by atoms with Gasteiger partial charge in [-0.1, -0.05) is 30.3 Å². The zero-order valence-corrected chi connectivity index (χ0v) is 22.9. The molecule has 0 radical (unpaired) electrons. The van der Waals surface area contributed by atoms with Crippen molar-refractivity contribution in [1.29, 1.82) is 5.26 Å². The van der Waals surface area contributed by atoms with E-state index >= 15 is 0 Å². The summed E-state index contributed by atoms with van der Waals surface area (Å²) in [6.07, 6.45) is 8.34. The second kappa shape index (κ2) is 10.9. The first-order chi connectivity index (χ1) is 18.7. The van der Waals surface area contributed by atoms with Gasteiger partial charge in [-0.2, -0.15) is 5.26 Å². The highest BCUT2D eigenvalue weighted by molar-refractivity contribution is 5.90. The minimum atomic E-state index is -0.857. The monoisotopic (exact) mass is 533 g/mol. The lowest BCUT2D eigenvalue weighted by molar-refractivity contribution is -0.144. The molecule has 3 fully saturated rings. The number of nitrogens with one attached hydrogen (secondary N) is 1. The molecule has 1 amide bonds. The Hall–Kier alpha value is -2.94. The molecule has 2 aromatic rings. The number of aromatic nitrogens is 2. The van der Waals surface area contributed by atoms with Crippen LogP contribution in [0.15, 0.2) is 42.7 Å². The van der Waals surface area contributed by atoms with Crippen LogP contribution in [0.25, 0.3) is 0 Å². The molecule has 1 saturated heterocycles. The molecule has 3 aliphatic rings. The highest BCUT2D eigenvalue weighted by Gasteiger charge is 2.56. The topological polar surface area (TPSA) is 129 Å². The minimum absolute atomic E-state index is 0.0460. The quantitative estimate of drug-likeness (QED) is 0.468. The second-order valence-corrected chi connectivity index (χ2v) is 11.7. The molecule has 2 aliphatic carbocycles. The standard InChI is InChI=1S/C29H39N7O3/c1-34(2)29(22-7-4-3-5-8-22)14-12-27(13-15-29)20-35(26(38)36(27)21-28(39)10-6-11-28)16-9-25(37)33-23-18-31-24(17-30)32-19-23/h3-5,7-8,18-19,26,38-39H,6,9-16,20-21H2,1-2H3,(H,33,37). The van der Waals surface area contributed by atoms with Crippen molar-refractivity contribution in [2.45, 2.75) is 74.4 Å². The molecule has 5 rings (SSSR count). The van der Waals surface area contributed by atoms with Crippen LogP contribution >= 0.6 is 0 Å². The molecular formula is C29H39N7O3. The smallest absolute Gasteiger partial charge is 0.232 e. The van der Waals surface area contributed by atoms with Crippen molar-refractivity contribution in [2.75, 3.05) is 39.0 Å². The van der Waals surface area contributed by atoms with Gasteiger partial charge in [0.25, 0.3) is 0 Å². The summed E-state index contributed by atoms with van der Waals surface area (Å²) in [5.74, 6) is -0.162. The molecule has 1 aliphatic heterocycles. The van der Waals surface area contributed by atoms with E-state index in [2.05, 4.69) is 63.4 Å². The number of hydrogen-bond acceptors (Lipinski definition) is 9. The third-order valence-corrected chi connectivity index (χ3v) is 9.30. The summed E-state index contributed by atoms with van der Waals surface area (Å²) in [7, 11) is 4.29. The number of aliphatic hydroxyl groups is 2. The average Bonchev–Trinajstić information content (AvgIpc) is 3.18. The van der Waals surface area contributed by atoms with Crippen LogP contribution in [0.5, 0.6) is 0 Å². The average molecular weight is 534 g/mol. The summed E-state index contributed by atoms with van der Waals surface area (Å²) < 4.78 is 0. The van der Waals surface area contributed by atoms with Gasteiger partial charge in [-0.3, -0.25) is 19.5 Å². The van der Waals surface area contributed by atoms with Crippen molar-refractivity contribution in [3.8, 4) is 6.07 Å². The Kier molecular flexibility index (Phi) is 7.73. The SMILES string of the molecule is CN(C)C1(c2ccccc2)CCC2(CC1)CN(CCC(=O)Nc1cnc(C#N)nc1)C(O)N2CC1(O)CCC1. The Balaban J connectivity index is 1.30. The van der Waals surface area contributed by atoms with Gasteiger partial charge in [0.15, 0.2) is 6.35 Å². The molecule has 1 unspecified atom stereocenters. The number of aliphatic hydroxyl groups excluding tert-OH is 1. The Labute approximate surface area is 230 Å². The van der Waals surface area contributed by atoms with E-state index in [9.17, 15) is 15.0 Å². The lowest BCUT2D eigenvalue weighted by Gasteiger charge is -2.53. The number of anilines is 1. The number of nitriles is 1. The molecule has 0 bridgehead atoms. The Morgan fingerprint density at radius 2 is 1.79 bits per heavy atom. The van der Waals surface area contributed by atoms with Crippen LogP contribution in [0, 0.1) is 11.3 Å².